The second-order valence-electron chi connectivity index (χ2n) is 6.44. The van der Waals surface area contributed by atoms with E-state index in [1.807, 2.05) is 0 Å². The maximum atomic E-state index is 5.75. The van der Waals surface area contributed by atoms with Crippen LogP contribution in [0.3, 0.4) is 0 Å². The highest BCUT2D eigenvalue weighted by atomic mass is 16.5. The second kappa shape index (κ2) is 7.39. The summed E-state index contributed by atoms with van der Waals surface area (Å²) in [5.74, 6) is 0. The van der Waals surface area contributed by atoms with E-state index in [1.165, 1.54) is 37.8 Å². The molecule has 1 fully saturated rings. The van der Waals surface area contributed by atoms with Gasteiger partial charge in [0.05, 0.1) is 6.10 Å². The van der Waals surface area contributed by atoms with Crippen LogP contribution in [-0.4, -0.2) is 43.3 Å². The Hall–Kier alpha value is -0.900. The molecule has 0 aromatic heterocycles. The standard InChI is InChI=1S/C18H28N2O/c1-15(18-9-5-13-21-18)19-10-12-20-11-4-8-16-6-2-3-7-17(16)14-20/h2-3,6-7,15,18-19H,4-5,8-14H2,1H3. The molecule has 1 saturated heterocycles. The summed E-state index contributed by atoms with van der Waals surface area (Å²) in [6.45, 7) is 7.71. The van der Waals surface area contributed by atoms with Crippen molar-refractivity contribution in [1.29, 1.82) is 0 Å². The van der Waals surface area contributed by atoms with Crippen molar-refractivity contribution in [3.63, 3.8) is 0 Å². The third-order valence-electron chi connectivity index (χ3n) is 4.85. The van der Waals surface area contributed by atoms with Gasteiger partial charge in [-0.1, -0.05) is 24.3 Å². The topological polar surface area (TPSA) is 24.5 Å². The monoisotopic (exact) mass is 288 g/mol. The molecule has 2 unspecified atom stereocenters. The minimum absolute atomic E-state index is 0.426. The minimum Gasteiger partial charge on any atom is -0.377 e. The Balaban J connectivity index is 1.45. The van der Waals surface area contributed by atoms with E-state index in [1.54, 1.807) is 5.56 Å². The molecule has 2 heterocycles. The van der Waals surface area contributed by atoms with Gasteiger partial charge in [-0.05, 0) is 50.3 Å². The Labute approximate surface area is 128 Å². The van der Waals surface area contributed by atoms with Crippen LogP contribution in [0.25, 0.3) is 0 Å². The fourth-order valence-electron chi connectivity index (χ4n) is 3.54. The molecule has 0 spiro atoms. The molecule has 2 aliphatic rings. The summed E-state index contributed by atoms with van der Waals surface area (Å²) in [5.41, 5.74) is 3.06. The number of benzene rings is 1. The molecule has 3 rings (SSSR count). The van der Waals surface area contributed by atoms with Gasteiger partial charge in [0, 0.05) is 32.3 Å². The summed E-state index contributed by atoms with van der Waals surface area (Å²) in [7, 11) is 0. The number of hydrogen-bond donors (Lipinski definition) is 1. The van der Waals surface area contributed by atoms with E-state index in [4.69, 9.17) is 4.74 Å². The minimum atomic E-state index is 0.426. The fraction of sp³-hybridized carbons (Fsp3) is 0.667. The first-order chi connectivity index (χ1) is 10.3. The lowest BCUT2D eigenvalue weighted by Crippen LogP contribution is -2.41. The van der Waals surface area contributed by atoms with E-state index >= 15 is 0 Å². The lowest BCUT2D eigenvalue weighted by Gasteiger charge is -2.24. The SMILES string of the molecule is CC(NCCN1CCCc2ccccc2C1)C1CCCO1. The van der Waals surface area contributed by atoms with E-state index in [2.05, 4.69) is 41.4 Å². The maximum Gasteiger partial charge on any atom is 0.0726 e. The number of nitrogens with one attached hydrogen (secondary N) is 1. The molecule has 21 heavy (non-hydrogen) atoms. The number of nitrogens with zero attached hydrogens (tertiary/aromatic N) is 1. The van der Waals surface area contributed by atoms with Gasteiger partial charge < -0.3 is 10.1 Å². The zero-order valence-corrected chi connectivity index (χ0v) is 13.2. The molecule has 3 heteroatoms. The molecule has 1 N–H and O–H groups in total. The van der Waals surface area contributed by atoms with Crippen molar-refractivity contribution in [2.24, 2.45) is 0 Å². The van der Waals surface area contributed by atoms with E-state index in [0.717, 1.165) is 26.2 Å². The first kappa shape index (κ1) is 15.0. The molecule has 1 aromatic carbocycles. The number of aryl methyl sites for hydroxylation is 1. The van der Waals surface area contributed by atoms with Crippen molar-refractivity contribution in [1.82, 2.24) is 10.2 Å². The normalized spacial score (nSPS) is 24.5. The maximum absolute atomic E-state index is 5.75. The van der Waals surface area contributed by atoms with Crippen LogP contribution in [0, 0.1) is 0 Å². The van der Waals surface area contributed by atoms with Crippen LogP contribution < -0.4 is 5.32 Å². The summed E-state index contributed by atoms with van der Waals surface area (Å²) >= 11 is 0. The highest BCUT2D eigenvalue weighted by molar-refractivity contribution is 5.27. The third kappa shape index (κ3) is 4.06. The molecule has 0 radical (unpaired) electrons. The first-order valence-electron chi connectivity index (χ1n) is 8.47. The Kier molecular flexibility index (Phi) is 5.28. The second-order valence-corrected chi connectivity index (χ2v) is 6.44. The Bertz CT molecular complexity index is 443. The van der Waals surface area contributed by atoms with E-state index < -0.39 is 0 Å². The van der Waals surface area contributed by atoms with Crippen LogP contribution in [0.5, 0.6) is 0 Å². The van der Waals surface area contributed by atoms with E-state index in [0.29, 0.717) is 12.1 Å². The van der Waals surface area contributed by atoms with Crippen molar-refractivity contribution in [3.8, 4) is 0 Å². The summed E-state index contributed by atoms with van der Waals surface area (Å²) in [4.78, 5) is 2.58. The van der Waals surface area contributed by atoms with Gasteiger partial charge in [-0.2, -0.15) is 0 Å². The summed E-state index contributed by atoms with van der Waals surface area (Å²) in [6.07, 6.45) is 5.37. The molecule has 1 aromatic rings. The quantitative estimate of drug-likeness (QED) is 0.901. The molecule has 116 valence electrons. The van der Waals surface area contributed by atoms with Gasteiger partial charge in [0.25, 0.3) is 0 Å². The zero-order chi connectivity index (χ0) is 14.5. The summed E-state index contributed by atoms with van der Waals surface area (Å²) < 4.78 is 5.75. The van der Waals surface area contributed by atoms with Crippen LogP contribution in [0.15, 0.2) is 24.3 Å². The van der Waals surface area contributed by atoms with Gasteiger partial charge >= 0.3 is 0 Å². The van der Waals surface area contributed by atoms with Crippen molar-refractivity contribution < 1.29 is 4.74 Å². The number of rotatable bonds is 5. The lowest BCUT2D eigenvalue weighted by molar-refractivity contribution is 0.0825. The predicted octanol–water partition coefficient (Wildman–Crippen LogP) is 2.59. The van der Waals surface area contributed by atoms with Gasteiger partial charge in [0.1, 0.15) is 0 Å². The molecule has 3 nitrogen and oxygen atoms in total. The van der Waals surface area contributed by atoms with Gasteiger partial charge in [-0.25, -0.2) is 0 Å². The van der Waals surface area contributed by atoms with Crippen molar-refractivity contribution >= 4 is 0 Å². The van der Waals surface area contributed by atoms with Gasteiger partial charge in [-0.3, -0.25) is 4.90 Å². The smallest absolute Gasteiger partial charge is 0.0726 e. The highest BCUT2D eigenvalue weighted by Crippen LogP contribution is 2.18. The van der Waals surface area contributed by atoms with Crippen molar-refractivity contribution in [2.75, 3.05) is 26.2 Å². The molecule has 0 saturated carbocycles. The van der Waals surface area contributed by atoms with Crippen molar-refractivity contribution in [3.05, 3.63) is 35.4 Å². The molecule has 0 bridgehead atoms. The molecular weight excluding hydrogens is 260 g/mol. The molecule has 2 aliphatic heterocycles. The predicted molar refractivity (Wildman–Crippen MR) is 86.5 cm³/mol. The van der Waals surface area contributed by atoms with Gasteiger partial charge in [0.2, 0.25) is 0 Å². The van der Waals surface area contributed by atoms with Gasteiger partial charge in [-0.15, -0.1) is 0 Å². The number of ether oxygens (including phenoxy) is 1. The Morgan fingerprint density at radius 3 is 2.95 bits per heavy atom. The van der Waals surface area contributed by atoms with E-state index in [-0.39, 0.29) is 0 Å². The molecule has 2 atom stereocenters. The van der Waals surface area contributed by atoms with Crippen LogP contribution in [-0.2, 0) is 17.7 Å². The van der Waals surface area contributed by atoms with Crippen LogP contribution in [0.2, 0.25) is 0 Å². The Morgan fingerprint density at radius 1 is 1.29 bits per heavy atom. The van der Waals surface area contributed by atoms with Gasteiger partial charge in [0.15, 0.2) is 0 Å². The average molecular weight is 288 g/mol. The van der Waals surface area contributed by atoms with E-state index in [9.17, 15) is 0 Å². The lowest BCUT2D eigenvalue weighted by atomic mass is 10.0. The fourth-order valence-corrected chi connectivity index (χ4v) is 3.54. The molecule has 0 aliphatic carbocycles. The van der Waals surface area contributed by atoms with Crippen molar-refractivity contribution in [2.45, 2.75) is 51.3 Å². The average Bonchev–Trinajstić information content (AvgIpc) is 2.95. The molecular formula is C18H28N2O. The Morgan fingerprint density at radius 2 is 2.14 bits per heavy atom. The number of hydrogen-bond acceptors (Lipinski definition) is 3. The van der Waals surface area contributed by atoms with Crippen LogP contribution >= 0.6 is 0 Å². The van der Waals surface area contributed by atoms with Crippen LogP contribution in [0.4, 0.5) is 0 Å². The zero-order valence-electron chi connectivity index (χ0n) is 13.2. The first-order valence-corrected chi connectivity index (χ1v) is 8.47. The largest absolute Gasteiger partial charge is 0.377 e. The summed E-state index contributed by atoms with van der Waals surface area (Å²) in [5, 5.41) is 3.65. The number of fused-ring (bicyclic) bond motifs is 1. The molecule has 0 amide bonds. The highest BCUT2D eigenvalue weighted by Gasteiger charge is 2.22. The summed E-state index contributed by atoms with van der Waals surface area (Å²) in [6, 6.07) is 9.39. The third-order valence-corrected chi connectivity index (χ3v) is 4.85. The van der Waals surface area contributed by atoms with Crippen LogP contribution in [0.1, 0.15) is 37.3 Å².